The Hall–Kier alpha value is -1.86. The van der Waals surface area contributed by atoms with Gasteiger partial charge in [0.15, 0.2) is 5.96 Å². The third-order valence-corrected chi connectivity index (χ3v) is 2.64. The average molecular weight is 296 g/mol. The lowest BCUT2D eigenvalue weighted by Gasteiger charge is -2.13. The topological polar surface area (TPSA) is 77.0 Å². The third kappa shape index (κ3) is 6.92. The Morgan fingerprint density at radius 1 is 1.19 bits per heavy atom. The molecule has 0 atom stereocenters. The number of hydrogen-bond acceptors (Lipinski definition) is 5. The van der Waals surface area contributed by atoms with Gasteiger partial charge in [0, 0.05) is 46.1 Å². The Morgan fingerprint density at radius 3 is 2.71 bits per heavy atom. The van der Waals surface area contributed by atoms with Crippen molar-refractivity contribution < 1.29 is 14.2 Å². The first kappa shape index (κ1) is 17.2. The van der Waals surface area contributed by atoms with Crippen molar-refractivity contribution in [3.8, 4) is 5.88 Å². The molecule has 1 heterocycles. The second-order valence-electron chi connectivity index (χ2n) is 4.15. The van der Waals surface area contributed by atoms with Crippen molar-refractivity contribution in [3.05, 3.63) is 23.9 Å². The van der Waals surface area contributed by atoms with Gasteiger partial charge in [-0.1, -0.05) is 6.07 Å². The summed E-state index contributed by atoms with van der Waals surface area (Å²) in [6.07, 6.45) is 1.71. The lowest BCUT2D eigenvalue weighted by atomic mass is 10.2. The first-order valence-corrected chi connectivity index (χ1v) is 6.81. The fraction of sp³-hybridized carbons (Fsp3) is 0.571. The van der Waals surface area contributed by atoms with Crippen molar-refractivity contribution in [1.82, 2.24) is 15.6 Å². The van der Waals surface area contributed by atoms with Gasteiger partial charge in [-0.2, -0.15) is 0 Å². The highest BCUT2D eigenvalue weighted by Crippen LogP contribution is 2.13. The van der Waals surface area contributed by atoms with E-state index in [1.54, 1.807) is 27.5 Å². The second-order valence-corrected chi connectivity index (χ2v) is 4.15. The van der Waals surface area contributed by atoms with Crippen molar-refractivity contribution in [1.29, 1.82) is 0 Å². The molecule has 0 aliphatic heterocycles. The van der Waals surface area contributed by atoms with Crippen molar-refractivity contribution in [3.63, 3.8) is 0 Å². The molecule has 7 heteroatoms. The fourth-order valence-electron chi connectivity index (χ4n) is 1.58. The lowest BCUT2D eigenvalue weighted by molar-refractivity contribution is 0.143. The molecule has 0 amide bonds. The fourth-order valence-corrected chi connectivity index (χ4v) is 1.58. The maximum atomic E-state index is 5.59. The van der Waals surface area contributed by atoms with E-state index < -0.39 is 0 Å². The van der Waals surface area contributed by atoms with Gasteiger partial charge in [0.05, 0.1) is 13.2 Å². The van der Waals surface area contributed by atoms with E-state index in [0.29, 0.717) is 44.7 Å². The van der Waals surface area contributed by atoms with Crippen LogP contribution in [0.3, 0.4) is 0 Å². The molecule has 0 aromatic carbocycles. The van der Waals surface area contributed by atoms with Crippen molar-refractivity contribution in [2.75, 3.05) is 47.6 Å². The zero-order valence-electron chi connectivity index (χ0n) is 12.9. The van der Waals surface area contributed by atoms with Crippen LogP contribution in [0.5, 0.6) is 5.88 Å². The number of methoxy groups -OCH3 is 2. The van der Waals surface area contributed by atoms with E-state index in [0.717, 1.165) is 5.56 Å². The van der Waals surface area contributed by atoms with Gasteiger partial charge in [0.25, 0.3) is 0 Å². The molecule has 0 aliphatic rings. The number of ether oxygens (including phenoxy) is 3. The first-order valence-electron chi connectivity index (χ1n) is 6.81. The van der Waals surface area contributed by atoms with Crippen LogP contribution >= 0.6 is 0 Å². The van der Waals surface area contributed by atoms with E-state index >= 15 is 0 Å². The van der Waals surface area contributed by atoms with Crippen molar-refractivity contribution >= 4 is 5.96 Å². The van der Waals surface area contributed by atoms with Crippen LogP contribution in [-0.2, 0) is 16.0 Å². The predicted molar refractivity (Wildman–Crippen MR) is 81.7 cm³/mol. The van der Waals surface area contributed by atoms with Crippen LogP contribution in [0.25, 0.3) is 0 Å². The number of guanidine groups is 1. The highest BCUT2D eigenvalue weighted by molar-refractivity contribution is 5.79. The number of nitrogens with one attached hydrogen (secondary N) is 2. The van der Waals surface area contributed by atoms with E-state index in [9.17, 15) is 0 Å². The Labute approximate surface area is 125 Å². The number of rotatable bonds is 9. The lowest BCUT2D eigenvalue weighted by Crippen LogP contribution is -2.38. The quantitative estimate of drug-likeness (QED) is 0.391. The van der Waals surface area contributed by atoms with E-state index in [2.05, 4.69) is 20.6 Å². The number of aliphatic imine (C=N–C) groups is 1. The van der Waals surface area contributed by atoms with Crippen LogP contribution in [0, 0.1) is 0 Å². The molecule has 0 radical (unpaired) electrons. The van der Waals surface area contributed by atoms with Crippen LogP contribution in [0.1, 0.15) is 5.56 Å². The van der Waals surface area contributed by atoms with Gasteiger partial charge >= 0.3 is 0 Å². The summed E-state index contributed by atoms with van der Waals surface area (Å²) in [5.74, 6) is 1.31. The zero-order valence-corrected chi connectivity index (χ0v) is 12.9. The van der Waals surface area contributed by atoms with Crippen LogP contribution in [-0.4, -0.2) is 58.6 Å². The summed E-state index contributed by atoms with van der Waals surface area (Å²) in [7, 11) is 5.03. The largest absolute Gasteiger partial charge is 0.475 e. The zero-order chi connectivity index (χ0) is 15.3. The van der Waals surface area contributed by atoms with Gasteiger partial charge in [-0.3, -0.25) is 4.99 Å². The van der Waals surface area contributed by atoms with Gasteiger partial charge in [-0.05, 0) is 6.07 Å². The molecule has 0 spiro atoms. The molecule has 1 rings (SSSR count). The Kier molecular flexibility index (Phi) is 8.90. The monoisotopic (exact) mass is 296 g/mol. The molecule has 21 heavy (non-hydrogen) atoms. The summed E-state index contributed by atoms with van der Waals surface area (Å²) in [4.78, 5) is 8.37. The maximum absolute atomic E-state index is 5.59. The number of pyridine rings is 1. The number of nitrogens with zero attached hydrogens (tertiary/aromatic N) is 2. The third-order valence-electron chi connectivity index (χ3n) is 2.64. The summed E-state index contributed by atoms with van der Waals surface area (Å²) in [5, 5.41) is 6.35. The van der Waals surface area contributed by atoms with Crippen molar-refractivity contribution in [2.24, 2.45) is 4.99 Å². The molecule has 1 aromatic rings. The number of aromatic nitrogens is 1. The molecule has 118 valence electrons. The SMILES string of the molecule is CN=C(NCCOC)NCc1cccnc1OCCOC. The normalized spacial score (nSPS) is 11.3. The molecule has 1 aromatic heterocycles. The molecule has 0 saturated carbocycles. The van der Waals surface area contributed by atoms with E-state index in [-0.39, 0.29) is 0 Å². The highest BCUT2D eigenvalue weighted by Gasteiger charge is 2.05. The average Bonchev–Trinajstić information content (AvgIpc) is 2.52. The predicted octanol–water partition coefficient (Wildman–Crippen LogP) is 0.418. The first-order chi connectivity index (χ1) is 10.3. The van der Waals surface area contributed by atoms with Crippen LogP contribution in [0.2, 0.25) is 0 Å². The molecule has 0 fully saturated rings. The van der Waals surface area contributed by atoms with Gasteiger partial charge in [-0.25, -0.2) is 4.98 Å². The van der Waals surface area contributed by atoms with E-state index in [1.807, 2.05) is 12.1 Å². The van der Waals surface area contributed by atoms with E-state index in [4.69, 9.17) is 14.2 Å². The van der Waals surface area contributed by atoms with Gasteiger partial charge in [-0.15, -0.1) is 0 Å². The van der Waals surface area contributed by atoms with Gasteiger partial charge < -0.3 is 24.8 Å². The summed E-state index contributed by atoms with van der Waals surface area (Å²) in [6, 6.07) is 3.84. The minimum atomic E-state index is 0.474. The van der Waals surface area contributed by atoms with Gasteiger partial charge in [0.1, 0.15) is 6.61 Å². The van der Waals surface area contributed by atoms with Crippen LogP contribution < -0.4 is 15.4 Å². The van der Waals surface area contributed by atoms with Crippen LogP contribution in [0.15, 0.2) is 23.3 Å². The molecular formula is C14H24N4O3. The summed E-state index contributed by atoms with van der Waals surface area (Å²) in [5.41, 5.74) is 0.961. The molecule has 0 bridgehead atoms. The molecule has 0 saturated heterocycles. The molecule has 0 unspecified atom stereocenters. The number of hydrogen-bond donors (Lipinski definition) is 2. The maximum Gasteiger partial charge on any atom is 0.218 e. The van der Waals surface area contributed by atoms with Crippen molar-refractivity contribution in [2.45, 2.75) is 6.54 Å². The molecule has 2 N–H and O–H groups in total. The Bertz CT molecular complexity index is 426. The smallest absolute Gasteiger partial charge is 0.218 e. The standard InChI is InChI=1S/C14H24N4O3/c1-15-14(17-7-8-19-2)18-11-12-5-4-6-16-13(12)21-10-9-20-3/h4-6H,7-11H2,1-3H3,(H2,15,17,18). The van der Waals surface area contributed by atoms with E-state index in [1.165, 1.54) is 0 Å². The molecule has 7 nitrogen and oxygen atoms in total. The summed E-state index contributed by atoms with van der Waals surface area (Å²) >= 11 is 0. The summed E-state index contributed by atoms with van der Waals surface area (Å²) < 4.78 is 15.5. The second kappa shape index (κ2) is 10.9. The molecular weight excluding hydrogens is 272 g/mol. The minimum Gasteiger partial charge on any atom is -0.475 e. The Balaban J connectivity index is 2.49. The Morgan fingerprint density at radius 2 is 2.00 bits per heavy atom. The highest BCUT2D eigenvalue weighted by atomic mass is 16.5. The minimum absolute atomic E-state index is 0.474. The summed E-state index contributed by atoms with van der Waals surface area (Å²) in [6.45, 7) is 2.90. The van der Waals surface area contributed by atoms with Gasteiger partial charge in [0.2, 0.25) is 5.88 Å². The van der Waals surface area contributed by atoms with Crippen LogP contribution in [0.4, 0.5) is 0 Å². The molecule has 0 aliphatic carbocycles.